The minimum atomic E-state index is -0.893. The minimum Gasteiger partial charge on any atom is -0.378 e. The smallest absolute Gasteiger partial charge is 0.227 e. The van der Waals surface area contributed by atoms with Crippen LogP contribution in [0, 0.1) is 17.6 Å². The van der Waals surface area contributed by atoms with Crippen molar-refractivity contribution in [2.75, 3.05) is 37.7 Å². The Labute approximate surface area is 160 Å². The second kappa shape index (κ2) is 9.11. The Morgan fingerprint density at radius 1 is 1.15 bits per heavy atom. The fourth-order valence-corrected chi connectivity index (χ4v) is 4.09. The molecule has 0 aromatic heterocycles. The average Bonchev–Trinajstić information content (AvgIpc) is 2.65. The maximum Gasteiger partial charge on any atom is 0.227 e. The van der Waals surface area contributed by atoms with Crippen molar-refractivity contribution >= 4 is 11.6 Å². The summed E-state index contributed by atoms with van der Waals surface area (Å²) in [5.41, 5.74) is 1.25. The van der Waals surface area contributed by atoms with Gasteiger partial charge in [0.2, 0.25) is 5.91 Å². The van der Waals surface area contributed by atoms with E-state index in [1.54, 1.807) is 4.90 Å². The SMILES string of the molecule is CCCOC1CCN(C[C@@H](C)CN2C(=O)CCc3cc(F)c(F)cc32)CC1. The molecule has 1 aromatic rings. The number of halogens is 2. The maximum atomic E-state index is 13.7. The average molecular weight is 380 g/mol. The fraction of sp³-hybridized carbons (Fsp3) is 0.667. The zero-order chi connectivity index (χ0) is 19.4. The van der Waals surface area contributed by atoms with Crippen LogP contribution in [0.4, 0.5) is 14.5 Å². The summed E-state index contributed by atoms with van der Waals surface area (Å²) in [7, 11) is 0. The van der Waals surface area contributed by atoms with E-state index in [1.165, 1.54) is 12.1 Å². The van der Waals surface area contributed by atoms with Crippen LogP contribution in [0.2, 0.25) is 0 Å². The highest BCUT2D eigenvalue weighted by atomic mass is 19.2. The van der Waals surface area contributed by atoms with Crippen LogP contribution in [0.25, 0.3) is 0 Å². The largest absolute Gasteiger partial charge is 0.378 e. The standard InChI is InChI=1S/C21H30F2N2O2/c1-3-10-27-17-6-8-24(9-7-17)13-15(2)14-25-20-12-19(23)18(22)11-16(20)4-5-21(25)26/h11-12,15,17H,3-10,13-14H2,1-2H3/t15-/m1/s1. The first-order chi connectivity index (χ1) is 13.0. The van der Waals surface area contributed by atoms with Crippen LogP contribution in [-0.2, 0) is 16.0 Å². The van der Waals surface area contributed by atoms with Gasteiger partial charge in [-0.15, -0.1) is 0 Å². The number of aryl methyl sites for hydroxylation is 1. The summed E-state index contributed by atoms with van der Waals surface area (Å²) in [4.78, 5) is 16.5. The van der Waals surface area contributed by atoms with Crippen molar-refractivity contribution in [3.8, 4) is 0 Å². The number of fused-ring (bicyclic) bond motifs is 1. The van der Waals surface area contributed by atoms with Crippen molar-refractivity contribution in [3.05, 3.63) is 29.3 Å². The van der Waals surface area contributed by atoms with Crippen LogP contribution in [0.1, 0.15) is 45.1 Å². The van der Waals surface area contributed by atoms with Crippen LogP contribution >= 0.6 is 0 Å². The first-order valence-corrected chi connectivity index (χ1v) is 10.1. The molecule has 1 amide bonds. The van der Waals surface area contributed by atoms with E-state index in [0.29, 0.717) is 31.2 Å². The molecule has 0 aliphatic carbocycles. The van der Waals surface area contributed by atoms with Crippen LogP contribution < -0.4 is 4.90 Å². The van der Waals surface area contributed by atoms with Crippen LogP contribution in [0.15, 0.2) is 12.1 Å². The topological polar surface area (TPSA) is 32.8 Å². The molecule has 6 heteroatoms. The van der Waals surface area contributed by atoms with Gasteiger partial charge in [0.05, 0.1) is 6.10 Å². The highest BCUT2D eigenvalue weighted by Gasteiger charge is 2.28. The number of hydrogen-bond acceptors (Lipinski definition) is 3. The summed E-state index contributed by atoms with van der Waals surface area (Å²) in [6.07, 6.45) is 4.33. The van der Waals surface area contributed by atoms with E-state index in [2.05, 4.69) is 18.7 Å². The number of rotatable bonds is 7. The molecule has 4 nitrogen and oxygen atoms in total. The molecule has 2 heterocycles. The molecule has 2 aliphatic heterocycles. The van der Waals surface area contributed by atoms with Gasteiger partial charge in [-0.1, -0.05) is 13.8 Å². The third kappa shape index (κ3) is 5.05. The van der Waals surface area contributed by atoms with Gasteiger partial charge in [0.1, 0.15) is 0 Å². The first kappa shape index (κ1) is 20.2. The number of ether oxygens (including phenoxy) is 1. The quantitative estimate of drug-likeness (QED) is 0.722. The van der Waals surface area contributed by atoms with Crippen molar-refractivity contribution < 1.29 is 18.3 Å². The third-order valence-electron chi connectivity index (χ3n) is 5.48. The molecule has 0 saturated carbocycles. The van der Waals surface area contributed by atoms with E-state index in [1.807, 2.05) is 0 Å². The van der Waals surface area contributed by atoms with E-state index in [-0.39, 0.29) is 11.8 Å². The number of hydrogen-bond donors (Lipinski definition) is 0. The lowest BCUT2D eigenvalue weighted by Gasteiger charge is -2.36. The van der Waals surface area contributed by atoms with E-state index in [9.17, 15) is 13.6 Å². The van der Waals surface area contributed by atoms with Gasteiger partial charge in [-0.2, -0.15) is 0 Å². The number of amides is 1. The number of piperidine rings is 1. The van der Waals surface area contributed by atoms with E-state index in [4.69, 9.17) is 4.74 Å². The summed E-state index contributed by atoms with van der Waals surface area (Å²) < 4.78 is 33.1. The highest BCUT2D eigenvalue weighted by molar-refractivity contribution is 5.96. The number of carbonyl (C=O) groups excluding carboxylic acids is 1. The molecule has 1 saturated heterocycles. The normalized spacial score (nSPS) is 20.0. The Kier molecular flexibility index (Phi) is 6.82. The predicted octanol–water partition coefficient (Wildman–Crippen LogP) is 3.77. The lowest BCUT2D eigenvalue weighted by molar-refractivity contribution is -0.119. The van der Waals surface area contributed by atoms with Gasteiger partial charge in [0.25, 0.3) is 0 Å². The van der Waals surface area contributed by atoms with Gasteiger partial charge < -0.3 is 14.5 Å². The van der Waals surface area contributed by atoms with E-state index < -0.39 is 11.6 Å². The van der Waals surface area contributed by atoms with Crippen LogP contribution in [0.3, 0.4) is 0 Å². The molecule has 1 fully saturated rings. The third-order valence-corrected chi connectivity index (χ3v) is 5.48. The zero-order valence-electron chi connectivity index (χ0n) is 16.3. The molecular weight excluding hydrogens is 350 g/mol. The van der Waals surface area contributed by atoms with Gasteiger partial charge in [0.15, 0.2) is 11.6 Å². The van der Waals surface area contributed by atoms with Gasteiger partial charge in [-0.25, -0.2) is 8.78 Å². The van der Waals surface area contributed by atoms with Crippen molar-refractivity contribution in [1.82, 2.24) is 4.90 Å². The Hall–Kier alpha value is -1.53. The van der Waals surface area contributed by atoms with Gasteiger partial charge in [-0.05, 0) is 43.2 Å². The fourth-order valence-electron chi connectivity index (χ4n) is 4.09. The summed E-state index contributed by atoms with van der Waals surface area (Å²) >= 11 is 0. The lowest BCUT2D eigenvalue weighted by atomic mass is 9.98. The summed E-state index contributed by atoms with van der Waals surface area (Å²) in [5.74, 6) is -1.49. The molecule has 150 valence electrons. The van der Waals surface area contributed by atoms with Crippen LogP contribution in [-0.4, -0.2) is 49.7 Å². The van der Waals surface area contributed by atoms with Gasteiger partial charge in [0, 0.05) is 51.0 Å². The Morgan fingerprint density at radius 3 is 2.56 bits per heavy atom. The second-order valence-electron chi connectivity index (χ2n) is 7.88. The summed E-state index contributed by atoms with van der Waals surface area (Å²) in [5, 5.41) is 0. The lowest BCUT2D eigenvalue weighted by Crippen LogP contribution is -2.44. The molecule has 0 radical (unpaired) electrons. The molecule has 3 rings (SSSR count). The molecule has 0 unspecified atom stereocenters. The second-order valence-corrected chi connectivity index (χ2v) is 7.88. The first-order valence-electron chi connectivity index (χ1n) is 10.1. The number of benzene rings is 1. The number of nitrogens with zero attached hydrogens (tertiary/aromatic N) is 2. The molecular formula is C21H30F2N2O2. The molecule has 0 bridgehead atoms. The Bertz CT molecular complexity index is 660. The Balaban J connectivity index is 1.56. The molecule has 0 N–H and O–H groups in total. The summed E-state index contributed by atoms with van der Waals surface area (Å²) in [6, 6.07) is 2.40. The number of anilines is 1. The van der Waals surface area contributed by atoms with Gasteiger partial charge in [-0.3, -0.25) is 4.79 Å². The van der Waals surface area contributed by atoms with Crippen molar-refractivity contribution in [2.45, 2.75) is 52.1 Å². The zero-order valence-corrected chi connectivity index (χ0v) is 16.3. The molecule has 1 aromatic carbocycles. The molecule has 27 heavy (non-hydrogen) atoms. The minimum absolute atomic E-state index is 0.00738. The summed E-state index contributed by atoms with van der Waals surface area (Å²) in [6.45, 7) is 8.49. The monoisotopic (exact) mass is 380 g/mol. The molecule has 0 spiro atoms. The van der Waals surface area contributed by atoms with Crippen molar-refractivity contribution in [2.24, 2.45) is 5.92 Å². The number of likely N-dealkylation sites (tertiary alicyclic amines) is 1. The van der Waals surface area contributed by atoms with Gasteiger partial charge >= 0.3 is 0 Å². The molecule has 1 atom stereocenters. The van der Waals surface area contributed by atoms with Crippen LogP contribution in [0.5, 0.6) is 0 Å². The van der Waals surface area contributed by atoms with E-state index >= 15 is 0 Å². The number of carbonyl (C=O) groups is 1. The van der Waals surface area contributed by atoms with Crippen molar-refractivity contribution in [3.63, 3.8) is 0 Å². The highest BCUT2D eigenvalue weighted by Crippen LogP contribution is 2.31. The maximum absolute atomic E-state index is 13.7. The van der Waals surface area contributed by atoms with E-state index in [0.717, 1.165) is 51.1 Å². The Morgan fingerprint density at radius 2 is 1.85 bits per heavy atom. The molecule has 2 aliphatic rings. The van der Waals surface area contributed by atoms with Crippen molar-refractivity contribution in [1.29, 1.82) is 0 Å². The predicted molar refractivity (Wildman–Crippen MR) is 102 cm³/mol.